The van der Waals surface area contributed by atoms with Gasteiger partial charge in [-0.1, -0.05) is 62.4 Å². The average Bonchev–Trinajstić information content (AvgIpc) is 2.40. The van der Waals surface area contributed by atoms with Crippen molar-refractivity contribution in [1.29, 1.82) is 0 Å². The smallest absolute Gasteiger partial charge is 0.200 e. The maximum atomic E-state index is 10.5. The van der Waals surface area contributed by atoms with Crippen molar-refractivity contribution in [3.05, 3.63) is 48.5 Å². The van der Waals surface area contributed by atoms with Gasteiger partial charge in [0.25, 0.3) is 0 Å². The van der Waals surface area contributed by atoms with Crippen LogP contribution in [0.5, 0.6) is 0 Å². The second-order valence-corrected chi connectivity index (χ2v) is 6.78. The first-order valence-electron chi connectivity index (χ1n) is 5.83. The molecule has 0 unspecified atom stereocenters. The highest BCUT2D eigenvalue weighted by molar-refractivity contribution is 7.57. The number of hydrogen-bond acceptors (Lipinski definition) is 1. The molecular weight excluding hydrogens is 231 g/mol. The summed E-state index contributed by atoms with van der Waals surface area (Å²) in [6, 6.07) is 16.7. The van der Waals surface area contributed by atoms with Gasteiger partial charge in [0, 0.05) is 12.3 Å². The van der Waals surface area contributed by atoms with Crippen molar-refractivity contribution in [2.75, 3.05) is 12.3 Å². The molecule has 0 aromatic heterocycles. The van der Waals surface area contributed by atoms with E-state index < -0.39 is 7.37 Å². The molecule has 0 aliphatic carbocycles. The summed E-state index contributed by atoms with van der Waals surface area (Å²) in [6.07, 6.45) is 0.812. The lowest BCUT2D eigenvalue weighted by Crippen LogP contribution is -1.84. The van der Waals surface area contributed by atoms with E-state index in [0.717, 1.165) is 0 Å². The Morgan fingerprint density at radius 3 is 1.35 bits per heavy atom. The Morgan fingerprint density at radius 2 is 1.18 bits per heavy atom. The molecule has 0 heterocycles. The average molecular weight is 250 g/mol. The zero-order valence-electron chi connectivity index (χ0n) is 10.3. The standard InChI is InChI=1S/C10H8.C4H11O2P/c1-2-6-10-8-4-3-7-9(10)5-1;1-3-7(5,6)4-2/h1-8H;3-4H2,1-2H3,(H,5,6). The molecule has 17 heavy (non-hydrogen) atoms. The fraction of sp³-hybridized carbons (Fsp3) is 0.286. The summed E-state index contributed by atoms with van der Waals surface area (Å²) < 4.78 is 10.5. The van der Waals surface area contributed by atoms with Gasteiger partial charge < -0.3 is 4.89 Å². The van der Waals surface area contributed by atoms with Crippen LogP contribution in [-0.2, 0) is 4.57 Å². The highest BCUT2D eigenvalue weighted by atomic mass is 31.2. The first kappa shape index (κ1) is 14.0. The minimum atomic E-state index is -2.65. The fourth-order valence-corrected chi connectivity index (χ4v) is 1.80. The van der Waals surface area contributed by atoms with Gasteiger partial charge in [-0.25, -0.2) is 0 Å². The van der Waals surface area contributed by atoms with Crippen LogP contribution in [-0.4, -0.2) is 17.2 Å². The van der Waals surface area contributed by atoms with Gasteiger partial charge in [-0.2, -0.15) is 0 Å². The van der Waals surface area contributed by atoms with Crippen molar-refractivity contribution >= 4 is 18.1 Å². The van der Waals surface area contributed by atoms with Crippen molar-refractivity contribution in [2.45, 2.75) is 13.8 Å². The minimum absolute atomic E-state index is 0.406. The van der Waals surface area contributed by atoms with Crippen molar-refractivity contribution < 1.29 is 9.46 Å². The van der Waals surface area contributed by atoms with E-state index in [-0.39, 0.29) is 0 Å². The molecular formula is C14H19O2P. The Morgan fingerprint density at radius 1 is 0.882 bits per heavy atom. The zero-order chi connectivity index (χ0) is 12.7. The van der Waals surface area contributed by atoms with Crippen molar-refractivity contribution in [1.82, 2.24) is 0 Å². The Hall–Kier alpha value is -1.11. The van der Waals surface area contributed by atoms with Crippen LogP contribution in [0.4, 0.5) is 0 Å². The van der Waals surface area contributed by atoms with Crippen molar-refractivity contribution in [3.63, 3.8) is 0 Å². The maximum absolute atomic E-state index is 10.5. The summed E-state index contributed by atoms with van der Waals surface area (Å²) in [7, 11) is -2.65. The van der Waals surface area contributed by atoms with Gasteiger partial charge in [0.1, 0.15) is 0 Å². The molecule has 0 spiro atoms. The van der Waals surface area contributed by atoms with Gasteiger partial charge in [0.05, 0.1) is 0 Å². The number of benzene rings is 2. The molecule has 2 rings (SSSR count). The van der Waals surface area contributed by atoms with E-state index in [9.17, 15) is 4.57 Å². The van der Waals surface area contributed by atoms with Gasteiger partial charge in [-0.15, -0.1) is 0 Å². The predicted octanol–water partition coefficient (Wildman–Crippen LogP) is 4.14. The van der Waals surface area contributed by atoms with E-state index in [1.54, 1.807) is 13.8 Å². The quantitative estimate of drug-likeness (QED) is 0.813. The lowest BCUT2D eigenvalue weighted by Gasteiger charge is -2.01. The molecule has 0 saturated carbocycles. The van der Waals surface area contributed by atoms with Gasteiger partial charge >= 0.3 is 0 Å². The summed E-state index contributed by atoms with van der Waals surface area (Å²) >= 11 is 0. The predicted molar refractivity (Wildman–Crippen MR) is 74.9 cm³/mol. The van der Waals surface area contributed by atoms with Gasteiger partial charge in [-0.05, 0) is 10.8 Å². The van der Waals surface area contributed by atoms with E-state index in [4.69, 9.17) is 4.89 Å². The monoisotopic (exact) mass is 250 g/mol. The molecule has 0 atom stereocenters. The van der Waals surface area contributed by atoms with Crippen LogP contribution >= 0.6 is 7.37 Å². The Labute approximate surface area is 103 Å². The third-order valence-corrected chi connectivity index (χ3v) is 4.62. The number of fused-ring (bicyclic) bond motifs is 1. The summed E-state index contributed by atoms with van der Waals surface area (Å²) in [5.74, 6) is 0. The Balaban J connectivity index is 0.000000185. The highest BCUT2D eigenvalue weighted by Crippen LogP contribution is 2.38. The lowest BCUT2D eigenvalue weighted by molar-refractivity contribution is 0.481. The van der Waals surface area contributed by atoms with Crippen LogP contribution in [0.3, 0.4) is 0 Å². The van der Waals surface area contributed by atoms with E-state index in [1.807, 2.05) is 0 Å². The summed E-state index contributed by atoms with van der Waals surface area (Å²) in [6.45, 7) is 3.45. The summed E-state index contributed by atoms with van der Waals surface area (Å²) in [5, 5.41) is 2.62. The maximum Gasteiger partial charge on any atom is 0.200 e. The summed E-state index contributed by atoms with van der Waals surface area (Å²) in [4.78, 5) is 8.69. The molecule has 2 nitrogen and oxygen atoms in total. The molecule has 3 heteroatoms. The SMILES string of the molecule is CCP(=O)(O)CC.c1ccc2ccccc2c1. The third kappa shape index (κ3) is 4.72. The highest BCUT2D eigenvalue weighted by Gasteiger charge is 2.08. The molecule has 0 bridgehead atoms. The normalized spacial score (nSPS) is 10.8. The van der Waals surface area contributed by atoms with Gasteiger partial charge in [0.2, 0.25) is 0 Å². The van der Waals surface area contributed by atoms with Crippen LogP contribution in [0.2, 0.25) is 0 Å². The molecule has 0 saturated heterocycles. The molecule has 0 aliphatic rings. The van der Waals surface area contributed by atoms with Gasteiger partial charge in [0.15, 0.2) is 7.37 Å². The van der Waals surface area contributed by atoms with E-state index in [1.165, 1.54) is 10.8 Å². The fourth-order valence-electron chi connectivity index (χ4n) is 1.36. The van der Waals surface area contributed by atoms with E-state index in [2.05, 4.69) is 48.5 Å². The Bertz CT molecular complexity index is 435. The third-order valence-electron chi connectivity index (χ3n) is 2.65. The molecule has 0 fully saturated rings. The number of rotatable bonds is 2. The Kier molecular flexibility index (Phi) is 5.40. The minimum Gasteiger partial charge on any atom is -0.344 e. The first-order chi connectivity index (χ1) is 8.09. The molecule has 1 N–H and O–H groups in total. The topological polar surface area (TPSA) is 37.3 Å². The lowest BCUT2D eigenvalue weighted by atomic mass is 10.1. The molecule has 0 amide bonds. The summed E-state index contributed by atoms with van der Waals surface area (Å²) in [5.41, 5.74) is 0. The second-order valence-electron chi connectivity index (χ2n) is 3.83. The van der Waals surface area contributed by atoms with Crippen LogP contribution in [0, 0.1) is 0 Å². The molecule has 2 aromatic carbocycles. The van der Waals surface area contributed by atoms with E-state index >= 15 is 0 Å². The van der Waals surface area contributed by atoms with Crippen LogP contribution in [0.1, 0.15) is 13.8 Å². The first-order valence-corrected chi connectivity index (χ1v) is 7.86. The number of hydrogen-bond donors (Lipinski definition) is 1. The van der Waals surface area contributed by atoms with Crippen LogP contribution in [0.25, 0.3) is 10.8 Å². The molecule has 92 valence electrons. The van der Waals surface area contributed by atoms with Gasteiger partial charge in [-0.3, -0.25) is 4.57 Å². The van der Waals surface area contributed by atoms with Crippen molar-refractivity contribution in [3.8, 4) is 0 Å². The zero-order valence-corrected chi connectivity index (χ0v) is 11.2. The largest absolute Gasteiger partial charge is 0.344 e. The van der Waals surface area contributed by atoms with Crippen molar-refractivity contribution in [2.24, 2.45) is 0 Å². The van der Waals surface area contributed by atoms with Crippen LogP contribution in [0.15, 0.2) is 48.5 Å². The van der Waals surface area contributed by atoms with E-state index in [0.29, 0.717) is 12.3 Å². The second kappa shape index (κ2) is 6.58. The molecule has 2 aromatic rings. The molecule has 0 radical (unpaired) electrons. The molecule has 0 aliphatic heterocycles. The van der Waals surface area contributed by atoms with Crippen LogP contribution < -0.4 is 0 Å².